The number of nitrogens with one attached hydrogen (secondary N) is 3. The molecule has 6 nitrogen and oxygen atoms in total. The van der Waals surface area contributed by atoms with Gasteiger partial charge in [-0.3, -0.25) is 30.1 Å². The van der Waals surface area contributed by atoms with Gasteiger partial charge in [-0.25, -0.2) is 0 Å². The summed E-state index contributed by atoms with van der Waals surface area (Å²) < 4.78 is 14.5. The lowest BCUT2D eigenvalue weighted by Crippen LogP contribution is -2.41. The second-order valence-electron chi connectivity index (χ2n) is 9.03. The Morgan fingerprint density at radius 2 is 1.00 bits per heavy atom. The summed E-state index contributed by atoms with van der Waals surface area (Å²) >= 11 is 0. The van der Waals surface area contributed by atoms with E-state index in [1.165, 1.54) is 0 Å². The van der Waals surface area contributed by atoms with Gasteiger partial charge >= 0.3 is 0 Å². The topological polar surface area (TPSA) is 87.3 Å². The van der Waals surface area contributed by atoms with E-state index >= 15 is 0 Å². The molecule has 0 saturated heterocycles. The highest BCUT2D eigenvalue weighted by Gasteiger charge is 2.32. The zero-order chi connectivity index (χ0) is 26.3. The molecule has 0 aliphatic carbocycles. The number of hydrazine groups is 1. The molecule has 0 heterocycles. The second-order valence-corrected chi connectivity index (χ2v) is 11.5. The fourth-order valence-corrected chi connectivity index (χ4v) is 6.69. The number of hydrogen-bond acceptors (Lipinski definition) is 3. The van der Waals surface area contributed by atoms with Crippen molar-refractivity contribution in [2.24, 2.45) is 5.92 Å². The van der Waals surface area contributed by atoms with Crippen molar-refractivity contribution in [3.8, 4) is 0 Å². The van der Waals surface area contributed by atoms with E-state index < -0.39 is 19.1 Å². The smallest absolute Gasteiger partial charge is 0.269 e. The minimum atomic E-state index is -3.16. The first-order valence-electron chi connectivity index (χ1n) is 12.1. The molecule has 0 spiro atoms. The maximum Gasteiger partial charge on any atom is 0.269 e. The summed E-state index contributed by atoms with van der Waals surface area (Å²) in [5.41, 5.74) is 6.64. The fraction of sp³-hybridized carbons (Fsp3) is 0.133. The van der Waals surface area contributed by atoms with Crippen LogP contribution in [0.1, 0.15) is 46.2 Å². The van der Waals surface area contributed by atoms with Crippen LogP contribution in [-0.4, -0.2) is 11.8 Å². The molecule has 0 aliphatic heterocycles. The molecule has 0 saturated carbocycles. The summed E-state index contributed by atoms with van der Waals surface area (Å²) in [6.07, 6.45) is 0. The van der Waals surface area contributed by atoms with E-state index in [9.17, 15) is 14.2 Å². The maximum atomic E-state index is 14.5. The summed E-state index contributed by atoms with van der Waals surface area (Å²) in [4.78, 5) is 24.8. The van der Waals surface area contributed by atoms with E-state index in [-0.39, 0.29) is 12.0 Å². The van der Waals surface area contributed by atoms with E-state index in [0.29, 0.717) is 11.1 Å². The molecule has 4 rings (SSSR count). The van der Waals surface area contributed by atoms with Crippen LogP contribution in [-0.2, 0) is 4.57 Å². The lowest BCUT2D eigenvalue weighted by Gasteiger charge is -2.30. The first-order valence-corrected chi connectivity index (χ1v) is 13.8. The summed E-state index contributed by atoms with van der Waals surface area (Å²) in [6, 6.07) is 34.4. The molecule has 4 aromatic carbocycles. The minimum absolute atomic E-state index is 0.116. The SMILES string of the molecule is CC(C)C(NP(=O)(c1ccccc1)c1ccccc1)c1ccc(C(=O)NNC(=O)c2ccccc2)cc1. The van der Waals surface area contributed by atoms with Crippen molar-refractivity contribution in [1.29, 1.82) is 0 Å². The van der Waals surface area contributed by atoms with E-state index in [1.807, 2.05) is 78.9 Å². The third kappa shape index (κ3) is 6.23. The van der Waals surface area contributed by atoms with Gasteiger partial charge in [0, 0.05) is 27.8 Å². The zero-order valence-corrected chi connectivity index (χ0v) is 21.7. The molecule has 0 bridgehead atoms. The zero-order valence-electron chi connectivity index (χ0n) is 20.8. The Hall–Kier alpha value is -3.99. The highest BCUT2D eigenvalue weighted by molar-refractivity contribution is 7.76. The number of hydrogen-bond donors (Lipinski definition) is 3. The van der Waals surface area contributed by atoms with Crippen molar-refractivity contribution in [1.82, 2.24) is 15.9 Å². The Bertz CT molecular complexity index is 1330. The van der Waals surface area contributed by atoms with Gasteiger partial charge in [0.1, 0.15) is 0 Å². The van der Waals surface area contributed by atoms with Crippen LogP contribution in [0, 0.1) is 5.92 Å². The van der Waals surface area contributed by atoms with E-state index in [0.717, 1.165) is 16.2 Å². The van der Waals surface area contributed by atoms with Gasteiger partial charge in [0.25, 0.3) is 11.8 Å². The summed E-state index contributed by atoms with van der Waals surface area (Å²) in [7, 11) is -3.16. The summed E-state index contributed by atoms with van der Waals surface area (Å²) in [6.45, 7) is 4.13. The molecule has 1 atom stereocenters. The van der Waals surface area contributed by atoms with Crippen LogP contribution in [0.3, 0.4) is 0 Å². The van der Waals surface area contributed by atoms with Crippen LogP contribution < -0.4 is 26.5 Å². The van der Waals surface area contributed by atoms with Crippen molar-refractivity contribution >= 4 is 29.7 Å². The largest absolute Gasteiger partial charge is 0.297 e. The Balaban J connectivity index is 1.53. The number of amides is 2. The Morgan fingerprint density at radius 1 is 0.595 bits per heavy atom. The van der Waals surface area contributed by atoms with Crippen LogP contribution in [0.25, 0.3) is 0 Å². The summed E-state index contributed by atoms with van der Waals surface area (Å²) in [5.74, 6) is -0.707. The highest BCUT2D eigenvalue weighted by atomic mass is 31.2. The van der Waals surface area contributed by atoms with Gasteiger partial charge in [-0.15, -0.1) is 0 Å². The quantitative estimate of drug-likeness (QED) is 0.230. The normalized spacial score (nSPS) is 12.1. The standard InChI is InChI=1S/C30H30N3O3P/c1-22(2)28(33-37(36,26-14-8-4-9-15-26)27-16-10-5-11-17-27)23-18-20-25(21-19-23)30(35)32-31-29(34)24-12-6-3-7-13-24/h3-22,28H,1-2H3,(H,31,34)(H,32,35)(H,33,36). The number of benzene rings is 4. The maximum absolute atomic E-state index is 14.5. The third-order valence-electron chi connectivity index (χ3n) is 6.08. The van der Waals surface area contributed by atoms with Crippen LogP contribution in [0.5, 0.6) is 0 Å². The van der Waals surface area contributed by atoms with Crippen molar-refractivity contribution < 1.29 is 14.2 Å². The molecule has 0 fully saturated rings. The first kappa shape index (κ1) is 26.1. The van der Waals surface area contributed by atoms with Gasteiger partial charge in [-0.1, -0.05) is 80.6 Å². The molecular formula is C30H30N3O3P. The van der Waals surface area contributed by atoms with E-state index in [1.54, 1.807) is 36.4 Å². The van der Waals surface area contributed by atoms with Crippen LogP contribution in [0.15, 0.2) is 115 Å². The molecule has 0 aromatic heterocycles. The van der Waals surface area contributed by atoms with Crippen LogP contribution in [0.4, 0.5) is 0 Å². The van der Waals surface area contributed by atoms with Gasteiger partial charge in [0.2, 0.25) is 7.29 Å². The molecule has 3 N–H and O–H groups in total. The van der Waals surface area contributed by atoms with Gasteiger partial charge < -0.3 is 0 Å². The average Bonchev–Trinajstić information content (AvgIpc) is 2.95. The molecule has 2 amide bonds. The molecule has 0 aliphatic rings. The van der Waals surface area contributed by atoms with Gasteiger partial charge in [0.15, 0.2) is 0 Å². The number of carbonyl (C=O) groups excluding carboxylic acids is 2. The lowest BCUT2D eigenvalue weighted by atomic mass is 9.96. The monoisotopic (exact) mass is 511 g/mol. The first-order chi connectivity index (χ1) is 17.9. The minimum Gasteiger partial charge on any atom is -0.297 e. The van der Waals surface area contributed by atoms with Crippen molar-refractivity contribution in [2.75, 3.05) is 0 Å². The molecule has 7 heteroatoms. The second kappa shape index (κ2) is 11.8. The molecule has 37 heavy (non-hydrogen) atoms. The van der Waals surface area contributed by atoms with E-state index in [2.05, 4.69) is 29.8 Å². The number of carbonyl (C=O) groups is 2. The molecular weight excluding hydrogens is 481 g/mol. The number of rotatable bonds is 8. The lowest BCUT2D eigenvalue weighted by molar-refractivity contribution is 0.0846. The van der Waals surface area contributed by atoms with Crippen molar-refractivity contribution in [2.45, 2.75) is 19.9 Å². The third-order valence-corrected chi connectivity index (χ3v) is 8.78. The summed E-state index contributed by atoms with van der Waals surface area (Å²) in [5, 5.41) is 4.95. The Kier molecular flexibility index (Phi) is 8.34. The Labute approximate surface area is 217 Å². The predicted molar refractivity (Wildman–Crippen MR) is 148 cm³/mol. The van der Waals surface area contributed by atoms with Crippen LogP contribution in [0.2, 0.25) is 0 Å². The predicted octanol–water partition coefficient (Wildman–Crippen LogP) is 4.98. The van der Waals surface area contributed by atoms with Gasteiger partial charge in [-0.05, 0) is 60.0 Å². The van der Waals surface area contributed by atoms with Gasteiger partial charge in [0.05, 0.1) is 0 Å². The van der Waals surface area contributed by atoms with Crippen molar-refractivity contribution in [3.05, 3.63) is 132 Å². The Morgan fingerprint density at radius 3 is 1.43 bits per heavy atom. The highest BCUT2D eigenvalue weighted by Crippen LogP contribution is 2.43. The van der Waals surface area contributed by atoms with Crippen molar-refractivity contribution in [3.63, 3.8) is 0 Å². The molecule has 0 radical (unpaired) electrons. The van der Waals surface area contributed by atoms with Crippen LogP contribution >= 0.6 is 7.29 Å². The average molecular weight is 512 g/mol. The molecule has 4 aromatic rings. The van der Waals surface area contributed by atoms with Gasteiger partial charge in [-0.2, -0.15) is 0 Å². The molecule has 1 unspecified atom stereocenters. The molecule has 188 valence electrons. The fourth-order valence-electron chi connectivity index (χ4n) is 4.07. The van der Waals surface area contributed by atoms with E-state index in [4.69, 9.17) is 0 Å².